The van der Waals surface area contributed by atoms with Crippen LogP contribution < -0.4 is 9.47 Å². The lowest BCUT2D eigenvalue weighted by Crippen LogP contribution is -2.54. The maximum Gasteiger partial charge on any atom is 0.573 e. The van der Waals surface area contributed by atoms with E-state index in [0.717, 1.165) is 17.7 Å². The normalized spacial score (nSPS) is 15.9. The number of sulfone groups is 1. The number of aromatic nitrogens is 1. The Morgan fingerprint density at radius 2 is 1.56 bits per heavy atom. The van der Waals surface area contributed by atoms with E-state index in [-0.39, 0.29) is 35.8 Å². The second kappa shape index (κ2) is 11.6. The maximum atomic E-state index is 13.8. The lowest BCUT2D eigenvalue weighted by molar-refractivity contribution is -0.274. The summed E-state index contributed by atoms with van der Waals surface area (Å²) in [6.07, 6.45) is -1.24. The van der Waals surface area contributed by atoms with Gasteiger partial charge in [0.15, 0.2) is 14.6 Å². The van der Waals surface area contributed by atoms with Crippen LogP contribution in [0.25, 0.3) is 0 Å². The van der Waals surface area contributed by atoms with Gasteiger partial charge in [0.2, 0.25) is 0 Å². The van der Waals surface area contributed by atoms with Crippen molar-refractivity contribution >= 4 is 15.8 Å². The summed E-state index contributed by atoms with van der Waals surface area (Å²) >= 11 is 0. The van der Waals surface area contributed by atoms with Gasteiger partial charge in [0.1, 0.15) is 17.2 Å². The summed E-state index contributed by atoms with van der Waals surface area (Å²) in [7, 11) is -4.15. The number of alkyl halides is 3. The van der Waals surface area contributed by atoms with Gasteiger partial charge < -0.3 is 14.2 Å². The van der Waals surface area contributed by atoms with Crippen LogP contribution in [-0.2, 0) is 25.9 Å². The van der Waals surface area contributed by atoms with Gasteiger partial charge in [-0.25, -0.2) is 8.42 Å². The number of benzene rings is 2. The average molecular weight is 565 g/mol. The molecule has 8 nitrogen and oxygen atoms in total. The van der Waals surface area contributed by atoms with Crippen LogP contribution >= 0.6 is 0 Å². The first kappa shape index (κ1) is 28.4. The van der Waals surface area contributed by atoms with E-state index in [1.54, 1.807) is 19.3 Å². The fraction of sp³-hybridized carbons (Fsp3) is 0.333. The highest BCUT2D eigenvalue weighted by Gasteiger charge is 2.54. The average Bonchev–Trinajstić information content (AvgIpc) is 2.90. The second-order valence-corrected chi connectivity index (χ2v) is 11.2. The minimum Gasteiger partial charge on any atom is -0.465 e. The number of hydrogen-bond acceptors (Lipinski definition) is 8. The molecule has 0 unspecified atom stereocenters. The Bertz CT molecular complexity index is 1360. The Morgan fingerprint density at radius 3 is 2.10 bits per heavy atom. The fourth-order valence-corrected chi connectivity index (χ4v) is 6.37. The van der Waals surface area contributed by atoms with Crippen molar-refractivity contribution in [1.82, 2.24) is 9.88 Å². The van der Waals surface area contributed by atoms with E-state index in [1.165, 1.54) is 36.4 Å². The molecule has 12 heteroatoms. The van der Waals surface area contributed by atoms with Gasteiger partial charge in [-0.2, -0.15) is 0 Å². The zero-order valence-corrected chi connectivity index (χ0v) is 21.9. The molecular weight excluding hydrogens is 537 g/mol. The molecule has 0 atom stereocenters. The molecule has 3 aromatic rings. The monoisotopic (exact) mass is 564 g/mol. The first-order valence-electron chi connectivity index (χ1n) is 12.2. The Kier molecular flexibility index (Phi) is 8.45. The van der Waals surface area contributed by atoms with Crippen molar-refractivity contribution in [3.05, 3.63) is 78.6 Å². The van der Waals surface area contributed by atoms with Crippen molar-refractivity contribution in [3.8, 4) is 17.2 Å². The third-order valence-corrected chi connectivity index (χ3v) is 8.88. The van der Waals surface area contributed by atoms with Crippen LogP contribution in [0, 0.1) is 0 Å². The first-order valence-corrected chi connectivity index (χ1v) is 13.7. The zero-order valence-electron chi connectivity index (χ0n) is 21.1. The maximum absolute atomic E-state index is 13.8. The van der Waals surface area contributed by atoms with Crippen molar-refractivity contribution in [2.75, 3.05) is 19.7 Å². The van der Waals surface area contributed by atoms with Crippen LogP contribution in [0.1, 0.15) is 25.3 Å². The topological polar surface area (TPSA) is 95.0 Å². The predicted octanol–water partition coefficient (Wildman–Crippen LogP) is 5.14. The zero-order chi connectivity index (χ0) is 28.1. The molecule has 0 radical (unpaired) electrons. The molecule has 0 spiro atoms. The first-order chi connectivity index (χ1) is 18.5. The molecule has 2 aromatic carbocycles. The smallest absolute Gasteiger partial charge is 0.465 e. The van der Waals surface area contributed by atoms with Gasteiger partial charge in [-0.05, 0) is 79.9 Å². The number of nitrogens with zero attached hydrogens (tertiary/aromatic N) is 2. The highest BCUT2D eigenvalue weighted by atomic mass is 32.2. The molecule has 0 saturated carbocycles. The third-order valence-electron chi connectivity index (χ3n) is 6.38. The quantitative estimate of drug-likeness (QED) is 0.330. The Labute approximate surface area is 224 Å². The van der Waals surface area contributed by atoms with E-state index in [0.29, 0.717) is 19.6 Å². The van der Waals surface area contributed by atoms with Crippen LogP contribution in [0.4, 0.5) is 13.2 Å². The summed E-state index contributed by atoms with van der Waals surface area (Å²) in [5.41, 5.74) is 0.988. The predicted molar refractivity (Wildman–Crippen MR) is 135 cm³/mol. The number of rotatable bonds is 9. The van der Waals surface area contributed by atoms with Crippen molar-refractivity contribution in [3.63, 3.8) is 0 Å². The molecule has 39 heavy (non-hydrogen) atoms. The Balaban J connectivity index is 1.49. The lowest BCUT2D eigenvalue weighted by Gasteiger charge is -2.39. The van der Waals surface area contributed by atoms with Gasteiger partial charge in [0.05, 0.1) is 11.5 Å². The molecule has 2 heterocycles. The van der Waals surface area contributed by atoms with Gasteiger partial charge in [-0.3, -0.25) is 14.7 Å². The minimum atomic E-state index is -4.80. The Morgan fingerprint density at radius 1 is 0.974 bits per heavy atom. The number of ether oxygens (including phenoxy) is 3. The molecule has 208 valence electrons. The molecule has 0 amide bonds. The van der Waals surface area contributed by atoms with E-state index in [4.69, 9.17) is 9.47 Å². The lowest BCUT2D eigenvalue weighted by atomic mass is 9.95. The number of esters is 1. The SMILES string of the molecule is CCOC(=O)C1(S(=O)(=O)c2ccc(Oc3ccc(OC(F)(F)F)cc3)cc2)CCN(Cc2cccnc2)CC1. The van der Waals surface area contributed by atoms with Crippen LogP contribution in [0.5, 0.6) is 17.2 Å². The van der Waals surface area contributed by atoms with E-state index in [2.05, 4.69) is 14.6 Å². The molecular formula is C27H27F3N2O6S. The molecule has 0 N–H and O–H groups in total. The van der Waals surface area contributed by atoms with Gasteiger partial charge in [-0.1, -0.05) is 6.07 Å². The highest BCUT2D eigenvalue weighted by molar-refractivity contribution is 7.93. The van der Waals surface area contributed by atoms with Crippen molar-refractivity contribution < 1.29 is 40.6 Å². The summed E-state index contributed by atoms with van der Waals surface area (Å²) in [6, 6.07) is 14.1. The van der Waals surface area contributed by atoms with Gasteiger partial charge in [-0.15, -0.1) is 13.2 Å². The molecule has 1 fully saturated rings. The van der Waals surface area contributed by atoms with Gasteiger partial charge in [0.25, 0.3) is 0 Å². The molecule has 1 aromatic heterocycles. The fourth-order valence-electron chi connectivity index (χ4n) is 4.43. The van der Waals surface area contributed by atoms with Crippen LogP contribution in [0.3, 0.4) is 0 Å². The van der Waals surface area contributed by atoms with Crippen molar-refractivity contribution in [2.24, 2.45) is 0 Å². The number of carbonyl (C=O) groups is 1. The number of pyridine rings is 1. The van der Waals surface area contributed by atoms with Gasteiger partial charge in [0, 0.05) is 32.0 Å². The van der Waals surface area contributed by atoms with Crippen LogP contribution in [-0.4, -0.2) is 55.1 Å². The second-order valence-electron chi connectivity index (χ2n) is 8.95. The van der Waals surface area contributed by atoms with Crippen molar-refractivity contribution in [1.29, 1.82) is 0 Å². The summed E-state index contributed by atoms with van der Waals surface area (Å²) in [4.78, 5) is 19.2. The molecule has 1 aliphatic heterocycles. The van der Waals surface area contributed by atoms with E-state index < -0.39 is 32.7 Å². The number of carbonyl (C=O) groups excluding carboxylic acids is 1. The van der Waals surface area contributed by atoms with Crippen molar-refractivity contribution in [2.45, 2.75) is 42.3 Å². The molecule has 4 rings (SSSR count). The Hall–Kier alpha value is -3.64. The standard InChI is InChI=1S/C27H27F3N2O6S/c1-2-36-25(33)26(13-16-32(17-14-26)19-20-4-3-15-31-18-20)39(34,35)24-11-9-22(10-12-24)37-21-5-7-23(8-6-21)38-27(28,29)30/h3-12,15,18H,2,13-14,16-17,19H2,1H3. The van der Waals surface area contributed by atoms with Crippen LogP contribution in [0.2, 0.25) is 0 Å². The molecule has 1 aliphatic rings. The molecule has 0 bridgehead atoms. The molecule has 0 aliphatic carbocycles. The van der Waals surface area contributed by atoms with E-state index in [1.807, 2.05) is 12.1 Å². The van der Waals surface area contributed by atoms with E-state index in [9.17, 15) is 26.4 Å². The minimum absolute atomic E-state index is 0.0507. The number of halogens is 3. The largest absolute Gasteiger partial charge is 0.573 e. The highest BCUT2D eigenvalue weighted by Crippen LogP contribution is 2.38. The summed E-state index contributed by atoms with van der Waals surface area (Å²) in [5, 5.41) is 0. The van der Waals surface area contributed by atoms with Gasteiger partial charge >= 0.3 is 12.3 Å². The molecule has 1 saturated heterocycles. The summed E-state index contributed by atoms with van der Waals surface area (Å²) < 4.78 is 77.7. The number of piperidine rings is 1. The number of likely N-dealkylation sites (tertiary alicyclic amines) is 1. The summed E-state index contributed by atoms with van der Waals surface area (Å²) in [5.74, 6) is -0.682. The van der Waals surface area contributed by atoms with Crippen LogP contribution in [0.15, 0.2) is 78.0 Å². The summed E-state index contributed by atoms with van der Waals surface area (Å²) in [6.45, 7) is 3.02. The van der Waals surface area contributed by atoms with E-state index >= 15 is 0 Å². The third kappa shape index (κ3) is 6.69. The number of hydrogen-bond donors (Lipinski definition) is 0.